The lowest BCUT2D eigenvalue weighted by Gasteiger charge is -2.21. The number of hydrogen-bond acceptors (Lipinski definition) is 3. The highest BCUT2D eigenvalue weighted by Crippen LogP contribution is 2.32. The molecule has 1 aliphatic heterocycles. The first-order chi connectivity index (χ1) is 8.17. The molecule has 94 valence electrons. The summed E-state index contributed by atoms with van der Waals surface area (Å²) in [6.07, 6.45) is 1.05. The number of halogens is 1. The number of methoxy groups -OCH3 is 1. The number of benzene rings is 1. The second-order valence-electron chi connectivity index (χ2n) is 4.47. The van der Waals surface area contributed by atoms with Crippen molar-refractivity contribution in [3.63, 3.8) is 0 Å². The molecule has 1 atom stereocenters. The number of ether oxygens (including phenoxy) is 1. The molecule has 1 aromatic rings. The molecule has 1 fully saturated rings. The Morgan fingerprint density at radius 3 is 2.82 bits per heavy atom. The van der Waals surface area contributed by atoms with E-state index in [1.807, 2.05) is 26.1 Å². The molecule has 1 aromatic carbocycles. The molecule has 1 N–H and O–H groups in total. The molecule has 1 aliphatic rings. The quantitative estimate of drug-likeness (QED) is 0.871. The fourth-order valence-corrected chi connectivity index (χ4v) is 2.35. The zero-order valence-corrected chi connectivity index (χ0v) is 10.6. The van der Waals surface area contributed by atoms with Crippen molar-refractivity contribution < 1.29 is 9.13 Å². The first-order valence-corrected chi connectivity index (χ1v) is 5.92. The molecule has 0 aliphatic carbocycles. The fourth-order valence-electron chi connectivity index (χ4n) is 2.35. The van der Waals surface area contributed by atoms with Crippen LogP contribution in [0.5, 0.6) is 5.75 Å². The van der Waals surface area contributed by atoms with Gasteiger partial charge in [0.1, 0.15) is 0 Å². The Bertz CT molecular complexity index is 409. The van der Waals surface area contributed by atoms with Gasteiger partial charge in [-0.05, 0) is 32.0 Å². The molecule has 4 heteroatoms. The monoisotopic (exact) mass is 238 g/mol. The smallest absolute Gasteiger partial charge is 0.188 e. The van der Waals surface area contributed by atoms with Gasteiger partial charge in [0, 0.05) is 19.1 Å². The summed E-state index contributed by atoms with van der Waals surface area (Å²) in [6, 6.07) is 4.19. The van der Waals surface area contributed by atoms with Crippen LogP contribution in [0.2, 0.25) is 0 Å². The van der Waals surface area contributed by atoms with E-state index in [-0.39, 0.29) is 5.82 Å². The average molecular weight is 238 g/mol. The lowest BCUT2D eigenvalue weighted by atomic mass is 10.2. The highest BCUT2D eigenvalue weighted by molar-refractivity contribution is 5.56. The van der Waals surface area contributed by atoms with Gasteiger partial charge >= 0.3 is 0 Å². The second kappa shape index (κ2) is 4.92. The Morgan fingerprint density at radius 2 is 2.24 bits per heavy atom. The lowest BCUT2D eigenvalue weighted by Crippen LogP contribution is -2.29. The van der Waals surface area contributed by atoms with Crippen LogP contribution in [-0.4, -0.2) is 33.3 Å². The number of rotatable bonds is 3. The summed E-state index contributed by atoms with van der Waals surface area (Å²) >= 11 is 0. The molecule has 2 rings (SSSR count). The van der Waals surface area contributed by atoms with Crippen LogP contribution in [0.1, 0.15) is 12.0 Å². The lowest BCUT2D eigenvalue weighted by molar-refractivity contribution is 0.383. The van der Waals surface area contributed by atoms with Gasteiger partial charge in [-0.25, -0.2) is 4.39 Å². The summed E-state index contributed by atoms with van der Waals surface area (Å²) in [5, 5.41) is 3.23. The first-order valence-electron chi connectivity index (χ1n) is 5.92. The van der Waals surface area contributed by atoms with E-state index in [2.05, 4.69) is 10.2 Å². The van der Waals surface area contributed by atoms with E-state index >= 15 is 0 Å². The highest BCUT2D eigenvalue weighted by Gasteiger charge is 2.24. The van der Waals surface area contributed by atoms with Crippen LogP contribution in [0, 0.1) is 12.7 Å². The largest absolute Gasteiger partial charge is 0.493 e. The molecule has 1 saturated heterocycles. The summed E-state index contributed by atoms with van der Waals surface area (Å²) in [6.45, 7) is 3.58. The summed E-state index contributed by atoms with van der Waals surface area (Å²) in [5.74, 6) is 0.111. The Labute approximate surface area is 102 Å². The first kappa shape index (κ1) is 12.2. The van der Waals surface area contributed by atoms with E-state index in [0.29, 0.717) is 17.5 Å². The number of aryl methyl sites for hydroxylation is 1. The third-order valence-electron chi connectivity index (χ3n) is 3.41. The zero-order valence-electron chi connectivity index (χ0n) is 10.6. The standard InChI is InChI=1S/C13H19FN2O/c1-9-4-5-11(12(14)13(9)17-3)16-7-6-10(8-16)15-2/h4-5,10,15H,6-8H2,1-3H3. The predicted octanol–water partition coefficient (Wildman–Crippen LogP) is 1.94. The summed E-state index contributed by atoms with van der Waals surface area (Å²) in [7, 11) is 3.45. The van der Waals surface area contributed by atoms with Gasteiger partial charge in [-0.15, -0.1) is 0 Å². The van der Waals surface area contributed by atoms with Crippen LogP contribution in [0.25, 0.3) is 0 Å². The number of anilines is 1. The topological polar surface area (TPSA) is 24.5 Å². The summed E-state index contributed by atoms with van der Waals surface area (Å²) < 4.78 is 19.3. The van der Waals surface area contributed by atoms with Gasteiger partial charge in [0.05, 0.1) is 12.8 Å². The summed E-state index contributed by atoms with van der Waals surface area (Å²) in [5.41, 5.74) is 1.48. The minimum absolute atomic E-state index is 0.246. The molecule has 0 aromatic heterocycles. The van der Waals surface area contributed by atoms with Gasteiger partial charge in [-0.2, -0.15) is 0 Å². The van der Waals surface area contributed by atoms with Crippen LogP contribution in [-0.2, 0) is 0 Å². The number of nitrogens with one attached hydrogen (secondary N) is 1. The molecule has 0 saturated carbocycles. The molecule has 17 heavy (non-hydrogen) atoms. The van der Waals surface area contributed by atoms with Crippen LogP contribution >= 0.6 is 0 Å². The minimum Gasteiger partial charge on any atom is -0.493 e. The van der Waals surface area contributed by atoms with Crippen molar-refractivity contribution in [3.05, 3.63) is 23.5 Å². The Balaban J connectivity index is 2.28. The number of likely N-dealkylation sites (N-methyl/N-ethyl adjacent to an activating group) is 1. The van der Waals surface area contributed by atoms with E-state index < -0.39 is 0 Å². The Kier molecular flexibility index (Phi) is 3.52. The molecule has 0 bridgehead atoms. The van der Waals surface area contributed by atoms with Gasteiger partial charge in [0.2, 0.25) is 0 Å². The maximum atomic E-state index is 14.2. The van der Waals surface area contributed by atoms with Gasteiger partial charge in [0.15, 0.2) is 11.6 Å². The predicted molar refractivity (Wildman–Crippen MR) is 67.4 cm³/mol. The van der Waals surface area contributed by atoms with E-state index in [4.69, 9.17) is 4.74 Å². The Hall–Kier alpha value is -1.29. The van der Waals surface area contributed by atoms with Gasteiger partial charge in [-0.1, -0.05) is 6.07 Å². The van der Waals surface area contributed by atoms with Crippen molar-refractivity contribution in [2.75, 3.05) is 32.1 Å². The van der Waals surface area contributed by atoms with E-state index in [0.717, 1.165) is 25.1 Å². The van der Waals surface area contributed by atoms with E-state index in [9.17, 15) is 4.39 Å². The minimum atomic E-state index is -0.246. The molecule has 1 heterocycles. The third-order valence-corrected chi connectivity index (χ3v) is 3.41. The molecular formula is C13H19FN2O. The zero-order chi connectivity index (χ0) is 12.4. The molecule has 3 nitrogen and oxygen atoms in total. The van der Waals surface area contributed by atoms with Crippen molar-refractivity contribution >= 4 is 5.69 Å². The number of hydrogen-bond donors (Lipinski definition) is 1. The summed E-state index contributed by atoms with van der Waals surface area (Å²) in [4.78, 5) is 2.07. The van der Waals surface area contributed by atoms with Crippen LogP contribution < -0.4 is 15.0 Å². The van der Waals surface area contributed by atoms with Crippen molar-refractivity contribution in [3.8, 4) is 5.75 Å². The van der Waals surface area contributed by atoms with E-state index in [1.165, 1.54) is 7.11 Å². The fraction of sp³-hybridized carbons (Fsp3) is 0.538. The van der Waals surface area contributed by atoms with Gasteiger partial charge in [0.25, 0.3) is 0 Å². The van der Waals surface area contributed by atoms with Gasteiger partial charge in [-0.3, -0.25) is 0 Å². The molecule has 0 spiro atoms. The van der Waals surface area contributed by atoms with Crippen molar-refractivity contribution in [1.82, 2.24) is 5.32 Å². The highest BCUT2D eigenvalue weighted by atomic mass is 19.1. The van der Waals surface area contributed by atoms with Crippen molar-refractivity contribution in [2.24, 2.45) is 0 Å². The maximum Gasteiger partial charge on any atom is 0.188 e. The SMILES string of the molecule is CNC1CCN(c2ccc(C)c(OC)c2F)C1. The van der Waals surface area contributed by atoms with Crippen LogP contribution in [0.3, 0.4) is 0 Å². The van der Waals surface area contributed by atoms with Crippen LogP contribution in [0.4, 0.5) is 10.1 Å². The molecule has 0 radical (unpaired) electrons. The third kappa shape index (κ3) is 2.22. The van der Waals surface area contributed by atoms with E-state index in [1.54, 1.807) is 0 Å². The normalized spacial score (nSPS) is 19.8. The van der Waals surface area contributed by atoms with Crippen molar-refractivity contribution in [2.45, 2.75) is 19.4 Å². The van der Waals surface area contributed by atoms with Gasteiger partial charge < -0.3 is 15.0 Å². The average Bonchev–Trinajstić information content (AvgIpc) is 2.78. The molecule has 1 unspecified atom stereocenters. The molecule has 0 amide bonds. The van der Waals surface area contributed by atoms with Crippen molar-refractivity contribution in [1.29, 1.82) is 0 Å². The number of nitrogens with zero attached hydrogens (tertiary/aromatic N) is 1. The second-order valence-corrected chi connectivity index (χ2v) is 4.47. The maximum absolute atomic E-state index is 14.2. The van der Waals surface area contributed by atoms with Crippen LogP contribution in [0.15, 0.2) is 12.1 Å². The molecular weight excluding hydrogens is 219 g/mol. The Morgan fingerprint density at radius 1 is 1.47 bits per heavy atom.